The fourth-order valence-corrected chi connectivity index (χ4v) is 5.66. The minimum Gasteiger partial charge on any atom is -0.330 e. The second-order valence-electron chi connectivity index (χ2n) is 9.70. The van der Waals surface area contributed by atoms with Crippen LogP contribution in [0, 0.1) is 5.92 Å². The SMILES string of the molecule is CCCC(Cc1cccc(-c2ccccc2)c1)C(=O)N1CCC2C1C(=O)CN2C(=O)c1ccccn1. The van der Waals surface area contributed by atoms with Crippen LogP contribution in [0.15, 0.2) is 79.0 Å². The van der Waals surface area contributed by atoms with Crippen molar-refractivity contribution in [2.75, 3.05) is 13.1 Å². The molecule has 2 saturated heterocycles. The van der Waals surface area contributed by atoms with Gasteiger partial charge in [-0.05, 0) is 48.1 Å². The number of aromatic nitrogens is 1. The molecule has 2 aliphatic heterocycles. The second-order valence-corrected chi connectivity index (χ2v) is 9.70. The van der Waals surface area contributed by atoms with Gasteiger partial charge in [0.1, 0.15) is 11.7 Å². The number of hydrogen-bond acceptors (Lipinski definition) is 4. The Morgan fingerprint density at radius 2 is 1.75 bits per heavy atom. The Morgan fingerprint density at radius 1 is 0.972 bits per heavy atom. The number of nitrogens with zero attached hydrogens (tertiary/aromatic N) is 3. The van der Waals surface area contributed by atoms with Crippen molar-refractivity contribution in [2.24, 2.45) is 5.92 Å². The lowest BCUT2D eigenvalue weighted by Crippen LogP contribution is -2.46. The summed E-state index contributed by atoms with van der Waals surface area (Å²) >= 11 is 0. The zero-order chi connectivity index (χ0) is 25.1. The lowest BCUT2D eigenvalue weighted by atomic mass is 9.91. The molecule has 1 aromatic heterocycles. The minimum absolute atomic E-state index is 0.0231. The Labute approximate surface area is 212 Å². The number of carbonyl (C=O) groups excluding carboxylic acids is 3. The molecular formula is C30H31N3O3. The van der Waals surface area contributed by atoms with Crippen LogP contribution in [-0.4, -0.2) is 57.6 Å². The summed E-state index contributed by atoms with van der Waals surface area (Å²) in [4.78, 5) is 47.4. The smallest absolute Gasteiger partial charge is 0.273 e. The quantitative estimate of drug-likeness (QED) is 0.502. The zero-order valence-electron chi connectivity index (χ0n) is 20.5. The fraction of sp³-hybridized carbons (Fsp3) is 0.333. The van der Waals surface area contributed by atoms with E-state index in [1.807, 2.05) is 24.3 Å². The van der Waals surface area contributed by atoms with Crippen molar-refractivity contribution in [1.29, 1.82) is 0 Å². The van der Waals surface area contributed by atoms with Crippen LogP contribution in [0.1, 0.15) is 42.2 Å². The molecule has 184 valence electrons. The number of hydrogen-bond donors (Lipinski definition) is 0. The molecule has 0 radical (unpaired) electrons. The molecule has 3 atom stereocenters. The van der Waals surface area contributed by atoms with Gasteiger partial charge >= 0.3 is 0 Å². The molecule has 0 bridgehead atoms. The van der Waals surface area contributed by atoms with Crippen molar-refractivity contribution >= 4 is 17.6 Å². The van der Waals surface area contributed by atoms with Gasteiger partial charge in [-0.15, -0.1) is 0 Å². The maximum atomic E-state index is 13.8. The number of pyridine rings is 1. The molecule has 0 spiro atoms. The second kappa shape index (κ2) is 10.4. The lowest BCUT2D eigenvalue weighted by Gasteiger charge is -2.28. The van der Waals surface area contributed by atoms with Crippen molar-refractivity contribution in [1.82, 2.24) is 14.8 Å². The fourth-order valence-electron chi connectivity index (χ4n) is 5.66. The molecule has 0 saturated carbocycles. The molecule has 2 aromatic carbocycles. The summed E-state index contributed by atoms with van der Waals surface area (Å²) in [6.07, 6.45) is 4.46. The van der Waals surface area contributed by atoms with Crippen molar-refractivity contribution in [2.45, 2.75) is 44.7 Å². The number of rotatable bonds is 7. The number of ketones is 1. The van der Waals surface area contributed by atoms with Crippen molar-refractivity contribution in [3.63, 3.8) is 0 Å². The third kappa shape index (κ3) is 4.68. The molecule has 3 unspecified atom stereocenters. The largest absolute Gasteiger partial charge is 0.330 e. The molecule has 6 nitrogen and oxygen atoms in total. The van der Waals surface area contributed by atoms with E-state index in [1.165, 1.54) is 0 Å². The van der Waals surface area contributed by atoms with Gasteiger partial charge in [0.2, 0.25) is 5.91 Å². The third-order valence-electron chi connectivity index (χ3n) is 7.35. The summed E-state index contributed by atoms with van der Waals surface area (Å²) in [5.74, 6) is -0.479. The van der Waals surface area contributed by atoms with Gasteiger partial charge in [0, 0.05) is 18.7 Å². The van der Waals surface area contributed by atoms with Crippen LogP contribution in [0.2, 0.25) is 0 Å². The van der Waals surface area contributed by atoms with Gasteiger partial charge in [0.15, 0.2) is 5.78 Å². The van der Waals surface area contributed by atoms with Gasteiger partial charge in [0.05, 0.1) is 12.6 Å². The Hall–Kier alpha value is -3.80. The highest BCUT2D eigenvalue weighted by molar-refractivity contribution is 6.01. The topological polar surface area (TPSA) is 70.6 Å². The number of fused-ring (bicyclic) bond motifs is 1. The minimum atomic E-state index is -0.555. The summed E-state index contributed by atoms with van der Waals surface area (Å²) in [6.45, 7) is 2.61. The summed E-state index contributed by atoms with van der Waals surface area (Å²) in [5, 5.41) is 0. The zero-order valence-corrected chi connectivity index (χ0v) is 20.5. The predicted molar refractivity (Wildman–Crippen MR) is 138 cm³/mol. The van der Waals surface area contributed by atoms with Gasteiger partial charge in [-0.1, -0.05) is 74.0 Å². The number of Topliss-reactive ketones (excluding diaryl/α,β-unsaturated/α-hetero) is 1. The summed E-state index contributed by atoms with van der Waals surface area (Å²) < 4.78 is 0. The van der Waals surface area contributed by atoms with E-state index in [0.717, 1.165) is 29.5 Å². The summed E-state index contributed by atoms with van der Waals surface area (Å²) in [5.41, 5.74) is 3.72. The lowest BCUT2D eigenvalue weighted by molar-refractivity contribution is -0.140. The van der Waals surface area contributed by atoms with E-state index in [2.05, 4.69) is 42.2 Å². The van der Waals surface area contributed by atoms with E-state index < -0.39 is 6.04 Å². The maximum absolute atomic E-state index is 13.8. The Morgan fingerprint density at radius 3 is 2.50 bits per heavy atom. The molecule has 6 heteroatoms. The molecule has 3 heterocycles. The molecular weight excluding hydrogens is 450 g/mol. The normalized spacial score (nSPS) is 19.9. The monoisotopic (exact) mass is 481 g/mol. The van der Waals surface area contributed by atoms with Crippen molar-refractivity contribution < 1.29 is 14.4 Å². The van der Waals surface area contributed by atoms with Gasteiger partial charge in [-0.3, -0.25) is 19.4 Å². The highest BCUT2D eigenvalue weighted by Crippen LogP contribution is 2.33. The first kappa shape index (κ1) is 23.9. The summed E-state index contributed by atoms with van der Waals surface area (Å²) in [6, 6.07) is 22.9. The van der Waals surface area contributed by atoms with Crippen LogP contribution in [0.25, 0.3) is 11.1 Å². The first-order chi connectivity index (χ1) is 17.6. The molecule has 2 aliphatic rings. The Kier molecular flexibility index (Phi) is 6.94. The number of amides is 2. The maximum Gasteiger partial charge on any atom is 0.273 e. The predicted octanol–water partition coefficient (Wildman–Crippen LogP) is 4.40. The van der Waals surface area contributed by atoms with E-state index in [-0.39, 0.29) is 36.1 Å². The molecule has 3 aromatic rings. The first-order valence-electron chi connectivity index (χ1n) is 12.8. The van der Waals surface area contributed by atoms with Crippen molar-refractivity contribution in [3.8, 4) is 11.1 Å². The standard InChI is InChI=1S/C30H31N3O3/c1-2-9-24(19-21-10-8-13-23(18-21)22-11-4-3-5-12-22)29(35)32-17-15-26-28(32)27(34)20-33(26)30(36)25-14-6-7-16-31-25/h3-8,10-14,16,18,24,26,28H,2,9,15,17,19-20H2,1H3. The van der Waals surface area contributed by atoms with Crippen LogP contribution in [0.5, 0.6) is 0 Å². The molecule has 0 aliphatic carbocycles. The highest BCUT2D eigenvalue weighted by atomic mass is 16.2. The highest BCUT2D eigenvalue weighted by Gasteiger charge is 2.52. The molecule has 2 amide bonds. The Balaban J connectivity index is 1.33. The molecule has 0 N–H and O–H groups in total. The van der Waals surface area contributed by atoms with Crippen LogP contribution in [0.3, 0.4) is 0 Å². The van der Waals surface area contributed by atoms with Gasteiger partial charge in [0.25, 0.3) is 5.91 Å². The van der Waals surface area contributed by atoms with Gasteiger partial charge in [-0.25, -0.2) is 0 Å². The van der Waals surface area contributed by atoms with Gasteiger partial charge < -0.3 is 9.80 Å². The summed E-state index contributed by atoms with van der Waals surface area (Å²) in [7, 11) is 0. The van der Waals surface area contributed by atoms with E-state index in [0.29, 0.717) is 25.1 Å². The van der Waals surface area contributed by atoms with Crippen LogP contribution in [-0.2, 0) is 16.0 Å². The van der Waals surface area contributed by atoms with E-state index in [4.69, 9.17) is 0 Å². The van der Waals surface area contributed by atoms with Crippen LogP contribution in [0.4, 0.5) is 0 Å². The van der Waals surface area contributed by atoms with Gasteiger partial charge in [-0.2, -0.15) is 0 Å². The number of likely N-dealkylation sites (tertiary alicyclic amines) is 2. The molecule has 36 heavy (non-hydrogen) atoms. The first-order valence-corrected chi connectivity index (χ1v) is 12.8. The molecule has 5 rings (SSSR count). The van der Waals surface area contributed by atoms with E-state index in [1.54, 1.807) is 34.2 Å². The van der Waals surface area contributed by atoms with Crippen LogP contribution < -0.4 is 0 Å². The number of benzene rings is 2. The van der Waals surface area contributed by atoms with E-state index in [9.17, 15) is 14.4 Å². The Bertz CT molecular complexity index is 1240. The average molecular weight is 482 g/mol. The van der Waals surface area contributed by atoms with Crippen LogP contribution >= 0.6 is 0 Å². The van der Waals surface area contributed by atoms with Crippen molar-refractivity contribution in [3.05, 3.63) is 90.3 Å². The third-order valence-corrected chi connectivity index (χ3v) is 7.35. The molecule has 2 fully saturated rings. The average Bonchev–Trinajstić information content (AvgIpc) is 3.50. The van der Waals surface area contributed by atoms with E-state index >= 15 is 0 Å². The number of carbonyl (C=O) groups is 3.